The van der Waals surface area contributed by atoms with Crippen LogP contribution in [0.25, 0.3) is 0 Å². The predicted molar refractivity (Wildman–Crippen MR) is 114 cm³/mol. The number of carbonyl (C=O) groups excluding carboxylic acids is 1. The zero-order chi connectivity index (χ0) is 22.3. The molecule has 4 rings (SSSR count). The van der Waals surface area contributed by atoms with E-state index in [1.54, 1.807) is 0 Å². The Morgan fingerprint density at radius 3 is 2.65 bits per heavy atom. The van der Waals surface area contributed by atoms with E-state index in [2.05, 4.69) is 13.5 Å². The van der Waals surface area contributed by atoms with Crippen LogP contribution in [0.5, 0.6) is 0 Å². The van der Waals surface area contributed by atoms with Crippen LogP contribution in [0.2, 0.25) is 0 Å². The van der Waals surface area contributed by atoms with Crippen LogP contribution in [-0.2, 0) is 28.5 Å². The highest BCUT2D eigenvalue weighted by Crippen LogP contribution is 2.42. The molecule has 10 atom stereocenters. The highest BCUT2D eigenvalue weighted by Gasteiger charge is 2.52. The van der Waals surface area contributed by atoms with Crippen molar-refractivity contribution >= 4 is 6.29 Å². The topological polar surface area (TPSA) is 83.5 Å². The lowest BCUT2D eigenvalue weighted by molar-refractivity contribution is -0.355. The van der Waals surface area contributed by atoms with Gasteiger partial charge in [-0.05, 0) is 38.2 Å². The summed E-state index contributed by atoms with van der Waals surface area (Å²) < 4.78 is 30.9. The van der Waals surface area contributed by atoms with Crippen molar-refractivity contribution in [3.63, 3.8) is 0 Å². The first-order chi connectivity index (χ1) is 14.7. The number of rotatable bonds is 5. The molecule has 4 aliphatic heterocycles. The summed E-state index contributed by atoms with van der Waals surface area (Å²) in [6.07, 6.45) is 2.63. The normalized spacial score (nSPS) is 47.3. The molecule has 0 aliphatic carbocycles. The summed E-state index contributed by atoms with van der Waals surface area (Å²) in [7, 11) is 0. The number of hydrogen-bond acceptors (Lipinski definition) is 7. The van der Waals surface area contributed by atoms with E-state index in [1.807, 2.05) is 20.8 Å². The first-order valence-corrected chi connectivity index (χ1v) is 11.8. The maximum absolute atomic E-state index is 11.0. The molecule has 4 saturated heterocycles. The van der Waals surface area contributed by atoms with E-state index in [0.29, 0.717) is 25.4 Å². The molecule has 4 heterocycles. The number of carbonyl (C=O) groups is 1. The molecule has 1 N–H and O–H groups in total. The van der Waals surface area contributed by atoms with E-state index >= 15 is 0 Å². The smallest absolute Gasteiger partial charge is 0.163 e. The molecular formula is C24H38O7. The Kier molecular flexibility index (Phi) is 6.92. The quantitative estimate of drug-likeness (QED) is 0.522. The number of aliphatic hydroxyl groups excluding tert-OH is 1. The minimum Gasteiger partial charge on any atom is -0.390 e. The molecule has 7 heteroatoms. The van der Waals surface area contributed by atoms with Crippen LogP contribution in [-0.4, -0.2) is 72.6 Å². The first-order valence-electron chi connectivity index (χ1n) is 11.8. The third kappa shape index (κ3) is 4.92. The summed E-state index contributed by atoms with van der Waals surface area (Å²) in [4.78, 5) is 10.8. The van der Waals surface area contributed by atoms with Crippen molar-refractivity contribution in [1.82, 2.24) is 0 Å². The molecule has 0 amide bonds. The Balaban J connectivity index is 1.42. The SMILES string of the molecule is C=C1C(CC2O[C@H]3C[C@H]4OC(C)(C)OC[C@H]4O[C@H]3[C@H](C)[C@H]2O)O[C@@H](CCC=O)C[C@H]1C. The van der Waals surface area contributed by atoms with Gasteiger partial charge in [0.1, 0.15) is 12.4 Å². The van der Waals surface area contributed by atoms with Crippen molar-refractivity contribution in [2.45, 2.75) is 114 Å². The van der Waals surface area contributed by atoms with Crippen molar-refractivity contribution in [3.05, 3.63) is 12.2 Å². The van der Waals surface area contributed by atoms with E-state index in [-0.39, 0.29) is 48.6 Å². The van der Waals surface area contributed by atoms with E-state index in [4.69, 9.17) is 23.7 Å². The molecule has 0 saturated carbocycles. The van der Waals surface area contributed by atoms with Gasteiger partial charge in [0, 0.05) is 25.2 Å². The van der Waals surface area contributed by atoms with E-state index < -0.39 is 11.9 Å². The van der Waals surface area contributed by atoms with Crippen LogP contribution in [0, 0.1) is 11.8 Å². The fourth-order valence-electron chi connectivity index (χ4n) is 5.57. The van der Waals surface area contributed by atoms with Gasteiger partial charge in [-0.3, -0.25) is 0 Å². The molecule has 0 aromatic rings. The second-order valence-electron chi connectivity index (χ2n) is 10.2. The second-order valence-corrected chi connectivity index (χ2v) is 10.2. The van der Waals surface area contributed by atoms with Gasteiger partial charge in [0.05, 0.1) is 49.3 Å². The van der Waals surface area contributed by atoms with Gasteiger partial charge < -0.3 is 33.6 Å². The summed E-state index contributed by atoms with van der Waals surface area (Å²) in [5, 5.41) is 11.0. The van der Waals surface area contributed by atoms with Gasteiger partial charge >= 0.3 is 0 Å². The third-order valence-corrected chi connectivity index (χ3v) is 7.47. The maximum Gasteiger partial charge on any atom is 0.163 e. The molecule has 2 unspecified atom stereocenters. The Morgan fingerprint density at radius 2 is 1.90 bits per heavy atom. The van der Waals surface area contributed by atoms with Crippen LogP contribution in [0.4, 0.5) is 0 Å². The highest BCUT2D eigenvalue weighted by molar-refractivity contribution is 5.49. The van der Waals surface area contributed by atoms with Crippen molar-refractivity contribution < 1.29 is 33.6 Å². The van der Waals surface area contributed by atoms with E-state index in [9.17, 15) is 9.90 Å². The largest absolute Gasteiger partial charge is 0.390 e. The van der Waals surface area contributed by atoms with E-state index in [0.717, 1.165) is 31.1 Å². The first kappa shape index (κ1) is 23.3. The Hall–Kier alpha value is -0.830. The summed E-state index contributed by atoms with van der Waals surface area (Å²) in [6, 6.07) is 0. The Morgan fingerprint density at radius 1 is 1.13 bits per heavy atom. The molecule has 4 fully saturated rings. The number of ether oxygens (including phenoxy) is 5. The molecular weight excluding hydrogens is 400 g/mol. The Bertz CT molecular complexity index is 664. The Labute approximate surface area is 185 Å². The number of hydrogen-bond donors (Lipinski definition) is 1. The molecule has 0 aromatic heterocycles. The van der Waals surface area contributed by atoms with Gasteiger partial charge in [-0.25, -0.2) is 0 Å². The molecule has 4 aliphatic rings. The monoisotopic (exact) mass is 438 g/mol. The van der Waals surface area contributed by atoms with Gasteiger partial charge in [0.15, 0.2) is 5.79 Å². The minimum atomic E-state index is -0.651. The number of fused-ring (bicyclic) bond motifs is 2. The van der Waals surface area contributed by atoms with Crippen molar-refractivity contribution in [2.75, 3.05) is 6.61 Å². The third-order valence-electron chi connectivity index (χ3n) is 7.47. The second kappa shape index (κ2) is 9.20. The van der Waals surface area contributed by atoms with Gasteiger partial charge in [-0.15, -0.1) is 0 Å². The summed E-state index contributed by atoms with van der Waals surface area (Å²) in [5.41, 5.74) is 1.04. The van der Waals surface area contributed by atoms with Crippen LogP contribution < -0.4 is 0 Å². The van der Waals surface area contributed by atoms with Crippen LogP contribution in [0.15, 0.2) is 12.2 Å². The molecule has 31 heavy (non-hydrogen) atoms. The van der Waals surface area contributed by atoms with Gasteiger partial charge in [-0.1, -0.05) is 20.4 Å². The van der Waals surface area contributed by atoms with Crippen LogP contribution >= 0.6 is 0 Å². The summed E-state index contributed by atoms with van der Waals surface area (Å²) >= 11 is 0. The molecule has 0 spiro atoms. The molecule has 0 aromatic carbocycles. The minimum absolute atomic E-state index is 0.0400. The number of aliphatic hydroxyl groups is 1. The summed E-state index contributed by atoms with van der Waals surface area (Å²) in [6.45, 7) is 12.8. The standard InChI is InChI=1S/C24H38O7/c1-13-9-16(7-6-8-25)28-17(14(13)2)10-19-22(26)15(3)23-20(29-19)11-18-21(30-23)12-27-24(4,5)31-18/h8,13,15-23,26H,2,6-7,9-12H2,1,3-5H3/t13-,15-,16+,17?,18-,19?,20+,21-,22-,23+/m1/s1. The van der Waals surface area contributed by atoms with Crippen molar-refractivity contribution in [1.29, 1.82) is 0 Å². The van der Waals surface area contributed by atoms with E-state index in [1.165, 1.54) is 0 Å². The molecule has 7 nitrogen and oxygen atoms in total. The lowest BCUT2D eigenvalue weighted by atomic mass is 9.79. The predicted octanol–water partition coefficient (Wildman–Crippen LogP) is 2.78. The van der Waals surface area contributed by atoms with Gasteiger partial charge in [-0.2, -0.15) is 0 Å². The fourth-order valence-corrected chi connectivity index (χ4v) is 5.57. The van der Waals surface area contributed by atoms with Gasteiger partial charge in [0.25, 0.3) is 0 Å². The average Bonchev–Trinajstić information content (AvgIpc) is 2.72. The molecule has 176 valence electrons. The zero-order valence-electron chi connectivity index (χ0n) is 19.2. The molecule has 0 bridgehead atoms. The zero-order valence-corrected chi connectivity index (χ0v) is 19.2. The highest BCUT2D eigenvalue weighted by atomic mass is 16.7. The maximum atomic E-state index is 11.0. The lowest BCUT2D eigenvalue weighted by Gasteiger charge is -2.53. The molecule has 0 radical (unpaired) electrons. The number of aldehydes is 1. The van der Waals surface area contributed by atoms with Crippen LogP contribution in [0.1, 0.15) is 59.8 Å². The van der Waals surface area contributed by atoms with Crippen molar-refractivity contribution in [3.8, 4) is 0 Å². The van der Waals surface area contributed by atoms with Crippen LogP contribution in [0.3, 0.4) is 0 Å². The lowest BCUT2D eigenvalue weighted by Crippen LogP contribution is -2.63. The van der Waals surface area contributed by atoms with Crippen molar-refractivity contribution in [2.24, 2.45) is 11.8 Å². The van der Waals surface area contributed by atoms with Gasteiger partial charge in [0.2, 0.25) is 0 Å². The summed E-state index contributed by atoms with van der Waals surface area (Å²) in [5.74, 6) is -0.380. The fraction of sp³-hybridized carbons (Fsp3) is 0.875. The average molecular weight is 439 g/mol.